The van der Waals surface area contributed by atoms with E-state index in [9.17, 15) is 26.7 Å². The molecule has 2 N–H and O–H groups in total. The van der Waals surface area contributed by atoms with Crippen LogP contribution < -0.4 is 10.1 Å². The Balaban J connectivity index is 1.38. The third-order valence-corrected chi connectivity index (χ3v) is 10.3. The van der Waals surface area contributed by atoms with E-state index in [2.05, 4.69) is 22.0 Å². The highest BCUT2D eigenvalue weighted by atomic mass is 35.5. The normalized spacial score (nSPS) is 16.8. The van der Waals surface area contributed by atoms with E-state index >= 15 is 0 Å². The van der Waals surface area contributed by atoms with Crippen molar-refractivity contribution in [3.63, 3.8) is 0 Å². The van der Waals surface area contributed by atoms with E-state index in [4.69, 9.17) is 28.3 Å². The van der Waals surface area contributed by atoms with Crippen molar-refractivity contribution in [3.8, 4) is 28.1 Å². The molecule has 0 radical (unpaired) electrons. The van der Waals surface area contributed by atoms with Crippen molar-refractivity contribution in [2.45, 2.75) is 44.3 Å². The van der Waals surface area contributed by atoms with Crippen LogP contribution >= 0.6 is 46.7 Å². The molecule has 2 aromatic heterocycles. The van der Waals surface area contributed by atoms with Crippen molar-refractivity contribution in [3.05, 3.63) is 91.9 Å². The topological polar surface area (TPSA) is 65.4 Å². The van der Waals surface area contributed by atoms with Crippen molar-refractivity contribution in [2.24, 2.45) is 0 Å². The molecule has 2 aromatic carbocycles. The molecule has 4 heterocycles. The van der Waals surface area contributed by atoms with Crippen molar-refractivity contribution in [1.29, 1.82) is 0 Å². The molecule has 0 saturated carbocycles. The lowest BCUT2D eigenvalue weighted by Gasteiger charge is -2.26. The van der Waals surface area contributed by atoms with E-state index in [0.29, 0.717) is 50.4 Å². The number of amides is 1. The summed E-state index contributed by atoms with van der Waals surface area (Å²) in [6, 6.07) is 13.1. The van der Waals surface area contributed by atoms with Crippen LogP contribution in [-0.2, 0) is 12.7 Å². The molecule has 0 bridgehead atoms. The minimum Gasteiger partial charge on any atom is -0.283 e. The fourth-order valence-electron chi connectivity index (χ4n) is 5.47. The predicted molar refractivity (Wildman–Crippen MR) is 183 cm³/mol. The Kier molecular flexibility index (Phi) is 10.9. The van der Waals surface area contributed by atoms with Crippen LogP contribution in [0.2, 0.25) is 10.0 Å². The van der Waals surface area contributed by atoms with Gasteiger partial charge in [-0.1, -0.05) is 41.5 Å². The van der Waals surface area contributed by atoms with E-state index < -0.39 is 30.1 Å². The van der Waals surface area contributed by atoms with Crippen LogP contribution in [-0.4, -0.2) is 57.1 Å². The van der Waals surface area contributed by atoms with Gasteiger partial charge in [-0.15, -0.1) is 11.3 Å². The molecule has 4 aromatic rings. The molecule has 0 aliphatic carbocycles. The first-order valence-electron chi connectivity index (χ1n) is 15.3. The second-order valence-corrected chi connectivity index (χ2v) is 14.5. The lowest BCUT2D eigenvalue weighted by Crippen LogP contribution is -2.45. The van der Waals surface area contributed by atoms with Crippen molar-refractivity contribution < 1.29 is 26.7 Å². The molecule has 49 heavy (non-hydrogen) atoms. The number of thiophene rings is 1. The van der Waals surface area contributed by atoms with Crippen molar-refractivity contribution in [1.82, 2.24) is 29.2 Å². The monoisotopic (exact) mass is 754 g/mol. The highest BCUT2D eigenvalue weighted by Gasteiger charge is 2.39. The number of carbonyl (C=O) groups is 1. The Morgan fingerprint density at radius 1 is 1.00 bits per heavy atom. The van der Waals surface area contributed by atoms with E-state index in [1.807, 2.05) is 11.1 Å². The number of rotatable bonds is 8. The smallest absolute Gasteiger partial charge is 0.283 e. The van der Waals surface area contributed by atoms with Crippen molar-refractivity contribution >= 4 is 52.6 Å². The van der Waals surface area contributed by atoms with Crippen LogP contribution in [0.4, 0.5) is 22.0 Å². The average molecular weight is 756 g/mol. The van der Waals surface area contributed by atoms with Crippen LogP contribution in [0.15, 0.2) is 54.6 Å². The van der Waals surface area contributed by atoms with Crippen LogP contribution in [0.1, 0.15) is 57.7 Å². The summed E-state index contributed by atoms with van der Waals surface area (Å²) < 4.78 is 73.0. The highest BCUT2D eigenvalue weighted by molar-refractivity contribution is 7.95. The zero-order valence-corrected chi connectivity index (χ0v) is 28.9. The lowest BCUT2D eigenvalue weighted by molar-refractivity contribution is -0.137. The molecule has 7 nitrogen and oxygen atoms in total. The third-order valence-electron chi connectivity index (χ3n) is 7.91. The van der Waals surface area contributed by atoms with Gasteiger partial charge in [0, 0.05) is 60.9 Å². The Bertz CT molecular complexity index is 1880. The van der Waals surface area contributed by atoms with Crippen LogP contribution in [0.5, 0.6) is 0 Å². The number of hydrogen-bond donors (Lipinski definition) is 2. The number of nitrogens with zero attached hydrogens (tertiary/aromatic N) is 4. The summed E-state index contributed by atoms with van der Waals surface area (Å²) in [6.45, 7) is 1.28. The van der Waals surface area contributed by atoms with Gasteiger partial charge < -0.3 is 0 Å². The molecule has 2 aliphatic rings. The van der Waals surface area contributed by atoms with E-state index in [1.165, 1.54) is 27.8 Å². The highest BCUT2D eigenvalue weighted by Crippen LogP contribution is 2.37. The van der Waals surface area contributed by atoms with E-state index in [1.54, 1.807) is 28.9 Å². The Morgan fingerprint density at radius 2 is 1.76 bits per heavy atom. The quantitative estimate of drug-likeness (QED) is 0.107. The lowest BCUT2D eigenvalue weighted by atomic mass is 10.1. The maximum atomic E-state index is 13.9. The summed E-state index contributed by atoms with van der Waals surface area (Å²) >= 11 is 15.2. The summed E-state index contributed by atoms with van der Waals surface area (Å²) in [4.78, 5) is 15.1. The number of halogens is 7. The first-order valence-corrected chi connectivity index (χ1v) is 17.7. The molecule has 0 unspecified atom stereocenters. The van der Waals surface area contributed by atoms with Crippen LogP contribution in [0, 0.1) is 11.8 Å². The molecule has 0 spiro atoms. The summed E-state index contributed by atoms with van der Waals surface area (Å²) in [7, 11) is 0. The zero-order chi connectivity index (χ0) is 34.8. The van der Waals surface area contributed by atoms with Crippen molar-refractivity contribution in [2.75, 3.05) is 26.2 Å². The number of nitrogens with one attached hydrogen (secondary N) is 2. The molecule has 1 amide bonds. The largest absolute Gasteiger partial charge is 0.416 e. The molecule has 2 fully saturated rings. The van der Waals surface area contributed by atoms with Gasteiger partial charge in [-0.2, -0.15) is 18.3 Å². The number of hydrogen-bond acceptors (Lipinski definition) is 7. The van der Waals surface area contributed by atoms with Gasteiger partial charge in [-0.3, -0.25) is 10.2 Å². The van der Waals surface area contributed by atoms with Gasteiger partial charge in [0.2, 0.25) is 0 Å². The number of carbonyl (C=O) groups excluding carboxylic acids is 1. The summed E-state index contributed by atoms with van der Waals surface area (Å²) in [5, 5.41) is 7.31. The maximum Gasteiger partial charge on any atom is 0.416 e. The Labute approximate surface area is 298 Å². The maximum absolute atomic E-state index is 13.9. The molecule has 6 rings (SSSR count). The molecule has 2 aliphatic heterocycles. The molecule has 16 heteroatoms. The van der Waals surface area contributed by atoms with Gasteiger partial charge in [0.05, 0.1) is 38.3 Å². The first kappa shape index (κ1) is 35.7. The fourth-order valence-corrected chi connectivity index (χ4v) is 7.70. The predicted octanol–water partition coefficient (Wildman–Crippen LogP) is 8.45. The Hall–Kier alpha value is -3.16. The number of hydrazine groups is 1. The van der Waals surface area contributed by atoms with Gasteiger partial charge in [-0.05, 0) is 67.4 Å². The molecule has 0 atom stereocenters. The fraction of sp³-hybridized carbons (Fsp3) is 0.333. The first-order chi connectivity index (χ1) is 23.4. The van der Waals surface area contributed by atoms with Gasteiger partial charge >= 0.3 is 6.18 Å². The molecule has 2 saturated heterocycles. The van der Waals surface area contributed by atoms with Gasteiger partial charge in [0.15, 0.2) is 5.69 Å². The van der Waals surface area contributed by atoms with Gasteiger partial charge in [0.1, 0.15) is 0 Å². The molecular formula is C33H29Cl2F5N6OS2. The molecule has 258 valence electrons. The minimum atomic E-state index is -4.45. The van der Waals surface area contributed by atoms with Crippen LogP contribution in [0.3, 0.4) is 0 Å². The zero-order valence-electron chi connectivity index (χ0n) is 25.7. The second kappa shape index (κ2) is 15.0. The SMILES string of the molecule is O=C(NN1CCCCC1)c1nn(-c2ccc(Cl)cc2Cl)c(-c2ccc(C#Cc3ccc(C(F)(F)F)cc3)s2)c1CNSN1CCC(F)(F)C1. The number of benzene rings is 2. The second-order valence-electron chi connectivity index (χ2n) is 11.5. The standard InChI is InChI=1S/C33H29Cl2F5N6OS2/c34-23-9-12-27(26(35)18-23)46-30(28-13-11-24(48-28)10-6-21-4-7-22(8-5-21)33(38,39)40)25(19-41-49-45-17-14-32(36,37)20-45)29(42-46)31(47)43-44-15-2-1-3-16-44/h4-5,7-9,11-13,18,41H,1-3,14-17,19-20H2,(H,43,47). The summed E-state index contributed by atoms with van der Waals surface area (Å²) in [5.74, 6) is 2.71. The average Bonchev–Trinajstić information content (AvgIpc) is 3.77. The molecular weight excluding hydrogens is 726 g/mol. The number of alkyl halides is 5. The van der Waals surface area contributed by atoms with E-state index in [0.717, 1.165) is 43.5 Å². The minimum absolute atomic E-state index is 0.0838. The number of piperidine rings is 1. The van der Waals surface area contributed by atoms with Gasteiger partial charge in [0.25, 0.3) is 11.8 Å². The Morgan fingerprint density at radius 3 is 2.43 bits per heavy atom. The third kappa shape index (κ3) is 8.78. The van der Waals surface area contributed by atoms with E-state index in [-0.39, 0.29) is 30.2 Å². The van der Waals surface area contributed by atoms with Gasteiger partial charge in [-0.25, -0.2) is 27.5 Å². The number of aromatic nitrogens is 2. The van der Waals surface area contributed by atoms with Crippen LogP contribution in [0.25, 0.3) is 16.3 Å². The summed E-state index contributed by atoms with van der Waals surface area (Å²) in [6.07, 6.45) is -1.73. The summed E-state index contributed by atoms with van der Waals surface area (Å²) in [5.41, 5.74) is 4.23.